The number of esters is 1. The molecular weight excluding hydrogens is 444 g/mol. The molecule has 24 heavy (non-hydrogen) atoms. The summed E-state index contributed by atoms with van der Waals surface area (Å²) in [7, 11) is 1.34. The van der Waals surface area contributed by atoms with Crippen LogP contribution in [0.3, 0.4) is 0 Å². The third-order valence-corrected chi connectivity index (χ3v) is 4.36. The van der Waals surface area contributed by atoms with Gasteiger partial charge in [0.2, 0.25) is 0 Å². The van der Waals surface area contributed by atoms with E-state index in [-0.39, 0.29) is 0 Å². The Morgan fingerprint density at radius 1 is 1.00 bits per heavy atom. The lowest BCUT2D eigenvalue weighted by Crippen LogP contribution is -2.07. The van der Waals surface area contributed by atoms with Crippen molar-refractivity contribution in [1.29, 1.82) is 0 Å². The highest BCUT2D eigenvalue weighted by atomic mass is 79.9. The number of hydrogen-bond donors (Lipinski definition) is 0. The largest absolute Gasteiger partial charge is 0.465 e. The molecule has 0 aliphatic heterocycles. The number of carbonyl (C=O) groups is 1. The van der Waals surface area contributed by atoms with Gasteiger partial charge in [-0.25, -0.2) is 14.2 Å². The van der Waals surface area contributed by atoms with Crippen LogP contribution in [0.15, 0.2) is 30.6 Å². The number of halogens is 2. The van der Waals surface area contributed by atoms with Gasteiger partial charge in [-0.05, 0) is 18.2 Å². The third kappa shape index (κ3) is 3.39. The lowest BCUT2D eigenvalue weighted by Gasteiger charge is -2.08. The van der Waals surface area contributed by atoms with Crippen LogP contribution in [0, 0.1) is 0 Å². The van der Waals surface area contributed by atoms with Gasteiger partial charge in [0.15, 0.2) is 0 Å². The molecule has 0 saturated heterocycles. The predicted molar refractivity (Wildman–Crippen MR) is 92.9 cm³/mol. The summed E-state index contributed by atoms with van der Waals surface area (Å²) in [6.45, 7) is 0. The molecule has 10 heteroatoms. The van der Waals surface area contributed by atoms with Gasteiger partial charge in [0.05, 0.1) is 47.8 Å². The predicted octanol–water partition coefficient (Wildman–Crippen LogP) is 2.42. The topological polar surface area (TPSA) is 87.7 Å². The molecule has 2 aromatic heterocycles. The standard InChI is InChI=1S/C14H12Br2N6O2/c1-24-14(23)9-2-12(21-7-10(5-15)17-19-21)4-13(3-9)22-8-11(6-16)18-20-22/h2-4,7-8H,5-6H2,1H3. The molecule has 0 saturated carbocycles. The Bertz CT molecular complexity index is 815. The quantitative estimate of drug-likeness (QED) is 0.433. The second-order valence-corrected chi connectivity index (χ2v) is 5.93. The van der Waals surface area contributed by atoms with E-state index in [1.807, 2.05) is 6.07 Å². The highest BCUT2D eigenvalue weighted by molar-refractivity contribution is 9.08. The van der Waals surface area contributed by atoms with E-state index < -0.39 is 5.97 Å². The zero-order valence-corrected chi connectivity index (χ0v) is 15.7. The molecule has 0 fully saturated rings. The monoisotopic (exact) mass is 454 g/mol. The average molecular weight is 456 g/mol. The summed E-state index contributed by atoms with van der Waals surface area (Å²) in [6.07, 6.45) is 3.56. The molecule has 0 unspecified atom stereocenters. The van der Waals surface area contributed by atoms with Crippen molar-refractivity contribution in [3.05, 3.63) is 47.5 Å². The highest BCUT2D eigenvalue weighted by Crippen LogP contribution is 2.19. The molecule has 0 aliphatic carbocycles. The number of aromatic nitrogens is 6. The smallest absolute Gasteiger partial charge is 0.338 e. The first-order chi connectivity index (χ1) is 11.6. The van der Waals surface area contributed by atoms with Gasteiger partial charge < -0.3 is 4.74 Å². The van der Waals surface area contributed by atoms with Crippen LogP contribution in [0.25, 0.3) is 11.4 Å². The average Bonchev–Trinajstić information content (AvgIpc) is 3.29. The Morgan fingerprint density at radius 3 is 1.88 bits per heavy atom. The van der Waals surface area contributed by atoms with Crippen LogP contribution in [-0.2, 0) is 15.4 Å². The molecule has 0 N–H and O–H groups in total. The normalized spacial score (nSPS) is 10.8. The molecule has 0 radical (unpaired) electrons. The van der Waals surface area contributed by atoms with Crippen LogP contribution >= 0.6 is 31.9 Å². The molecule has 0 aliphatic rings. The van der Waals surface area contributed by atoms with Gasteiger partial charge in [0.1, 0.15) is 0 Å². The first kappa shape index (κ1) is 16.8. The molecule has 124 valence electrons. The van der Waals surface area contributed by atoms with Crippen molar-refractivity contribution < 1.29 is 9.53 Å². The number of nitrogens with zero attached hydrogens (tertiary/aromatic N) is 6. The van der Waals surface area contributed by atoms with Crippen molar-refractivity contribution in [2.24, 2.45) is 0 Å². The maximum absolute atomic E-state index is 12.0. The van der Waals surface area contributed by atoms with E-state index in [4.69, 9.17) is 4.74 Å². The summed E-state index contributed by atoms with van der Waals surface area (Å²) in [4.78, 5) is 12.0. The molecule has 8 nitrogen and oxygen atoms in total. The minimum absolute atomic E-state index is 0.386. The molecular formula is C14H12Br2N6O2. The Labute approximate surface area is 154 Å². The van der Waals surface area contributed by atoms with Crippen molar-refractivity contribution >= 4 is 37.8 Å². The molecule has 3 rings (SSSR count). The van der Waals surface area contributed by atoms with Crippen LogP contribution in [0.1, 0.15) is 21.7 Å². The van der Waals surface area contributed by atoms with E-state index in [9.17, 15) is 4.79 Å². The summed E-state index contributed by atoms with van der Waals surface area (Å²) < 4.78 is 8.01. The summed E-state index contributed by atoms with van der Waals surface area (Å²) in [5.74, 6) is -0.445. The van der Waals surface area contributed by atoms with Crippen LogP contribution in [0.2, 0.25) is 0 Å². The molecule has 0 bridgehead atoms. The van der Waals surface area contributed by atoms with Gasteiger partial charge in [0.25, 0.3) is 0 Å². The molecule has 0 spiro atoms. The first-order valence-electron chi connectivity index (χ1n) is 6.83. The van der Waals surface area contributed by atoms with Crippen molar-refractivity contribution in [2.45, 2.75) is 10.7 Å². The van der Waals surface area contributed by atoms with E-state index in [0.29, 0.717) is 27.6 Å². The number of rotatable bonds is 5. The van der Waals surface area contributed by atoms with E-state index in [1.54, 1.807) is 33.9 Å². The summed E-state index contributed by atoms with van der Waals surface area (Å²) in [5.41, 5.74) is 3.29. The van der Waals surface area contributed by atoms with Crippen molar-refractivity contribution in [3.8, 4) is 11.4 Å². The van der Waals surface area contributed by atoms with Crippen molar-refractivity contribution in [1.82, 2.24) is 30.0 Å². The molecule has 0 amide bonds. The van der Waals surface area contributed by atoms with Crippen LogP contribution < -0.4 is 0 Å². The number of hydrogen-bond acceptors (Lipinski definition) is 6. The van der Waals surface area contributed by atoms with Gasteiger partial charge in [0, 0.05) is 10.7 Å². The summed E-state index contributed by atoms with van der Waals surface area (Å²) in [5, 5.41) is 17.4. The highest BCUT2D eigenvalue weighted by Gasteiger charge is 2.13. The number of methoxy groups -OCH3 is 1. The fourth-order valence-electron chi connectivity index (χ4n) is 2.07. The number of ether oxygens (including phenoxy) is 1. The molecule has 3 aromatic rings. The van der Waals surface area contributed by atoms with Crippen LogP contribution in [0.4, 0.5) is 0 Å². The number of carbonyl (C=O) groups excluding carboxylic acids is 1. The third-order valence-electron chi connectivity index (χ3n) is 3.21. The Morgan fingerprint density at radius 2 is 1.50 bits per heavy atom. The number of alkyl halides is 2. The van der Waals surface area contributed by atoms with Gasteiger partial charge in [-0.3, -0.25) is 0 Å². The van der Waals surface area contributed by atoms with E-state index >= 15 is 0 Å². The first-order valence-corrected chi connectivity index (χ1v) is 9.07. The molecule has 1 aromatic carbocycles. The second kappa shape index (κ2) is 7.22. The van der Waals surface area contributed by atoms with E-state index in [1.165, 1.54) is 7.11 Å². The fraction of sp³-hybridized carbons (Fsp3) is 0.214. The minimum Gasteiger partial charge on any atom is -0.465 e. The Balaban J connectivity index is 2.11. The van der Waals surface area contributed by atoms with Gasteiger partial charge in [-0.15, -0.1) is 10.2 Å². The zero-order valence-electron chi connectivity index (χ0n) is 12.6. The second-order valence-electron chi connectivity index (χ2n) is 4.81. The maximum atomic E-state index is 12.0. The Hall–Kier alpha value is -2.07. The summed E-state index contributed by atoms with van der Waals surface area (Å²) >= 11 is 6.67. The minimum atomic E-state index is -0.445. The zero-order chi connectivity index (χ0) is 17.1. The lowest BCUT2D eigenvalue weighted by atomic mass is 10.1. The van der Waals surface area contributed by atoms with Crippen LogP contribution in [-0.4, -0.2) is 43.1 Å². The fourth-order valence-corrected chi connectivity index (χ4v) is 2.58. The van der Waals surface area contributed by atoms with Crippen molar-refractivity contribution in [2.75, 3.05) is 7.11 Å². The van der Waals surface area contributed by atoms with E-state index in [0.717, 1.165) is 11.4 Å². The van der Waals surface area contributed by atoms with Crippen LogP contribution in [0.5, 0.6) is 0 Å². The van der Waals surface area contributed by atoms with E-state index in [2.05, 4.69) is 52.5 Å². The number of benzene rings is 1. The summed E-state index contributed by atoms with van der Waals surface area (Å²) in [6, 6.07) is 5.21. The van der Waals surface area contributed by atoms with Gasteiger partial charge in [-0.1, -0.05) is 42.3 Å². The maximum Gasteiger partial charge on any atom is 0.338 e. The SMILES string of the molecule is COC(=O)c1cc(-n2cc(CBr)nn2)cc(-n2cc(CBr)nn2)c1. The van der Waals surface area contributed by atoms with Crippen molar-refractivity contribution in [3.63, 3.8) is 0 Å². The van der Waals surface area contributed by atoms with Gasteiger partial charge in [-0.2, -0.15) is 0 Å². The molecule has 2 heterocycles. The Kier molecular flexibility index (Phi) is 5.05. The molecule has 0 atom stereocenters. The van der Waals surface area contributed by atoms with Gasteiger partial charge >= 0.3 is 5.97 Å². The lowest BCUT2D eigenvalue weighted by molar-refractivity contribution is 0.0600.